The number of benzene rings is 2. The molecule has 1 aliphatic heterocycles. The molecule has 5 rings (SSSR count). The van der Waals surface area contributed by atoms with Crippen LogP contribution in [0.3, 0.4) is 0 Å². The number of hydrogen-bond acceptors (Lipinski definition) is 6. The lowest BCUT2D eigenvalue weighted by atomic mass is 9.67. The molecule has 32 heavy (non-hydrogen) atoms. The average Bonchev–Trinajstić information content (AvgIpc) is 2.75. The molecule has 1 N–H and O–H groups in total. The first kappa shape index (κ1) is 20.0. The van der Waals surface area contributed by atoms with Crippen molar-refractivity contribution in [2.75, 3.05) is 0 Å². The van der Waals surface area contributed by atoms with Crippen LogP contribution in [0.5, 0.6) is 5.75 Å². The molecule has 158 valence electrons. The Morgan fingerprint density at radius 2 is 1.69 bits per heavy atom. The Morgan fingerprint density at radius 3 is 2.38 bits per heavy atom. The number of rotatable bonds is 1. The lowest BCUT2D eigenvalue weighted by Crippen LogP contribution is -2.37. The Hall–Kier alpha value is -3.98. The first-order valence-corrected chi connectivity index (χ1v) is 10.3. The highest BCUT2D eigenvalue weighted by Gasteiger charge is 2.48. The van der Waals surface area contributed by atoms with Gasteiger partial charge in [-0.05, 0) is 41.3 Å². The standard InChI is InChI=1S/C26H19NO5/c1-26(2)10-18(29)21-19(11-26)32-25-22(20(21)14-5-3-13(12-27)4-6-14)23(30)16-8-7-15(28)9-17(16)24(25)31/h3-9,20,28H,10-11H2,1-2H3. The summed E-state index contributed by atoms with van der Waals surface area (Å²) in [6.07, 6.45) is 0.753. The number of phenolic OH excluding ortho intramolecular Hbond substituents is 1. The molecule has 3 aliphatic rings. The van der Waals surface area contributed by atoms with E-state index in [4.69, 9.17) is 10.00 Å². The van der Waals surface area contributed by atoms with Crippen LogP contribution in [0.2, 0.25) is 0 Å². The highest BCUT2D eigenvalue weighted by Crippen LogP contribution is 2.51. The van der Waals surface area contributed by atoms with Gasteiger partial charge in [0.25, 0.3) is 0 Å². The topological polar surface area (TPSA) is 104 Å². The number of ketones is 3. The molecule has 0 spiro atoms. The second-order valence-electron chi connectivity index (χ2n) is 9.18. The summed E-state index contributed by atoms with van der Waals surface area (Å²) >= 11 is 0. The van der Waals surface area contributed by atoms with E-state index in [2.05, 4.69) is 6.07 Å². The van der Waals surface area contributed by atoms with Gasteiger partial charge in [0, 0.05) is 35.5 Å². The molecular weight excluding hydrogens is 406 g/mol. The third kappa shape index (κ3) is 2.89. The molecule has 0 amide bonds. The van der Waals surface area contributed by atoms with E-state index in [9.17, 15) is 19.5 Å². The lowest BCUT2D eigenvalue weighted by Gasteiger charge is -2.39. The van der Waals surface area contributed by atoms with E-state index in [0.717, 1.165) is 0 Å². The summed E-state index contributed by atoms with van der Waals surface area (Å²) < 4.78 is 6.01. The van der Waals surface area contributed by atoms with Crippen molar-refractivity contribution in [3.8, 4) is 11.8 Å². The van der Waals surface area contributed by atoms with Gasteiger partial charge in [-0.3, -0.25) is 14.4 Å². The summed E-state index contributed by atoms with van der Waals surface area (Å²) in [6, 6.07) is 12.8. The second kappa shape index (κ2) is 6.76. The highest BCUT2D eigenvalue weighted by molar-refractivity contribution is 6.28. The van der Waals surface area contributed by atoms with Crippen molar-refractivity contribution in [2.24, 2.45) is 5.41 Å². The van der Waals surface area contributed by atoms with Crippen molar-refractivity contribution in [1.29, 1.82) is 5.26 Å². The zero-order valence-electron chi connectivity index (χ0n) is 17.6. The Balaban J connectivity index is 1.75. The normalized spacial score (nSPS) is 21.4. The fourth-order valence-electron chi connectivity index (χ4n) is 4.82. The number of nitrogens with zero attached hydrogens (tertiary/aromatic N) is 1. The predicted molar refractivity (Wildman–Crippen MR) is 114 cm³/mol. The van der Waals surface area contributed by atoms with Gasteiger partial charge in [-0.25, -0.2) is 0 Å². The molecule has 1 unspecified atom stereocenters. The maximum absolute atomic E-state index is 13.6. The van der Waals surface area contributed by atoms with Crippen LogP contribution in [0.15, 0.2) is 65.1 Å². The van der Waals surface area contributed by atoms with Gasteiger partial charge in [-0.1, -0.05) is 26.0 Å². The van der Waals surface area contributed by atoms with E-state index in [0.29, 0.717) is 35.3 Å². The molecule has 6 nitrogen and oxygen atoms in total. The number of Topliss-reactive ketones (excluding diaryl/α,β-unsaturated/α-hetero) is 3. The number of carbonyl (C=O) groups excluding carboxylic acids is 3. The minimum Gasteiger partial charge on any atom is -0.508 e. The molecule has 2 aliphatic carbocycles. The van der Waals surface area contributed by atoms with Crippen LogP contribution < -0.4 is 0 Å². The number of aromatic hydroxyl groups is 1. The van der Waals surface area contributed by atoms with E-state index in [1.54, 1.807) is 24.3 Å². The minimum absolute atomic E-state index is 0.0813. The van der Waals surface area contributed by atoms with Crippen molar-refractivity contribution in [3.63, 3.8) is 0 Å². The first-order valence-electron chi connectivity index (χ1n) is 10.3. The molecule has 2 aromatic carbocycles. The fraction of sp³-hybridized carbons (Fsp3) is 0.231. The number of nitriles is 1. The van der Waals surface area contributed by atoms with Gasteiger partial charge < -0.3 is 9.84 Å². The Morgan fingerprint density at radius 1 is 0.969 bits per heavy atom. The summed E-state index contributed by atoms with van der Waals surface area (Å²) in [6.45, 7) is 3.92. The summed E-state index contributed by atoms with van der Waals surface area (Å²) in [5, 5.41) is 19.0. The van der Waals surface area contributed by atoms with Gasteiger partial charge in [-0.15, -0.1) is 0 Å². The maximum Gasteiger partial charge on any atom is 0.229 e. The number of carbonyl (C=O) groups is 3. The minimum atomic E-state index is -0.761. The number of allylic oxidation sites excluding steroid dienone is 4. The third-order valence-electron chi connectivity index (χ3n) is 6.24. The van der Waals surface area contributed by atoms with Gasteiger partial charge in [0.15, 0.2) is 17.3 Å². The SMILES string of the molecule is CC1(C)CC(=O)C2=C(C1)OC1=C(C(=O)c3ccc(O)cc3C1=O)C2c1ccc(C#N)cc1. The predicted octanol–water partition coefficient (Wildman–Crippen LogP) is 4.35. The first-order chi connectivity index (χ1) is 15.2. The third-order valence-corrected chi connectivity index (χ3v) is 6.24. The van der Waals surface area contributed by atoms with Crippen molar-refractivity contribution >= 4 is 17.3 Å². The monoisotopic (exact) mass is 425 g/mol. The number of phenols is 1. The van der Waals surface area contributed by atoms with E-state index in [1.165, 1.54) is 18.2 Å². The second-order valence-corrected chi connectivity index (χ2v) is 9.18. The lowest BCUT2D eigenvalue weighted by molar-refractivity contribution is -0.119. The molecule has 0 bridgehead atoms. The molecule has 6 heteroatoms. The Bertz CT molecular complexity index is 1340. The van der Waals surface area contributed by atoms with Gasteiger partial charge in [0.2, 0.25) is 5.78 Å². The molecule has 0 saturated carbocycles. The van der Waals surface area contributed by atoms with Crippen LogP contribution in [0.25, 0.3) is 0 Å². The van der Waals surface area contributed by atoms with Gasteiger partial charge in [0.05, 0.1) is 17.2 Å². The summed E-state index contributed by atoms with van der Waals surface area (Å²) in [5.41, 5.74) is 1.53. The molecule has 0 fully saturated rings. The van der Waals surface area contributed by atoms with Crippen molar-refractivity contribution in [1.82, 2.24) is 0 Å². The van der Waals surface area contributed by atoms with Crippen molar-refractivity contribution in [3.05, 3.63) is 87.4 Å². The number of ether oxygens (including phenoxy) is 1. The van der Waals surface area contributed by atoms with E-state index < -0.39 is 17.5 Å². The van der Waals surface area contributed by atoms with Gasteiger partial charge in [0.1, 0.15) is 11.5 Å². The van der Waals surface area contributed by atoms with Crippen LogP contribution in [0.1, 0.15) is 64.4 Å². The molecular formula is C26H19NO5. The smallest absolute Gasteiger partial charge is 0.229 e. The largest absolute Gasteiger partial charge is 0.508 e. The highest BCUT2D eigenvalue weighted by atomic mass is 16.5. The van der Waals surface area contributed by atoms with Crippen LogP contribution in [-0.2, 0) is 9.53 Å². The summed E-state index contributed by atoms with van der Waals surface area (Å²) in [4.78, 5) is 40.2. The molecule has 2 aromatic rings. The van der Waals surface area contributed by atoms with Crippen LogP contribution >= 0.6 is 0 Å². The molecule has 0 radical (unpaired) electrons. The fourth-order valence-corrected chi connectivity index (χ4v) is 4.82. The average molecular weight is 425 g/mol. The number of hydrogen-bond donors (Lipinski definition) is 1. The van der Waals surface area contributed by atoms with Crippen molar-refractivity contribution < 1.29 is 24.2 Å². The Kier molecular flexibility index (Phi) is 4.22. The van der Waals surface area contributed by atoms with Gasteiger partial charge >= 0.3 is 0 Å². The zero-order valence-corrected chi connectivity index (χ0v) is 17.6. The molecule has 1 atom stereocenters. The number of fused-ring (bicyclic) bond motifs is 1. The maximum atomic E-state index is 13.6. The van der Waals surface area contributed by atoms with Crippen LogP contribution in [0.4, 0.5) is 0 Å². The van der Waals surface area contributed by atoms with E-state index in [1.807, 2.05) is 13.8 Å². The van der Waals surface area contributed by atoms with Crippen molar-refractivity contribution in [2.45, 2.75) is 32.6 Å². The van der Waals surface area contributed by atoms with Gasteiger partial charge in [-0.2, -0.15) is 5.26 Å². The zero-order chi connectivity index (χ0) is 22.8. The molecule has 0 aromatic heterocycles. The molecule has 1 heterocycles. The van der Waals surface area contributed by atoms with Crippen LogP contribution in [0, 0.1) is 16.7 Å². The van der Waals surface area contributed by atoms with E-state index >= 15 is 0 Å². The molecule has 0 saturated heterocycles. The quantitative estimate of drug-likeness (QED) is 0.728. The Labute approximate surface area is 184 Å². The van der Waals surface area contributed by atoms with E-state index in [-0.39, 0.29) is 39.4 Å². The summed E-state index contributed by atoms with van der Waals surface area (Å²) in [5.74, 6) is -1.59. The van der Waals surface area contributed by atoms with Crippen LogP contribution in [-0.4, -0.2) is 22.5 Å². The summed E-state index contributed by atoms with van der Waals surface area (Å²) in [7, 11) is 0.